The number of carbonyl (C=O) groups excluding carboxylic acids is 2. The molecule has 0 spiro atoms. The summed E-state index contributed by atoms with van der Waals surface area (Å²) in [7, 11) is 0. The molecule has 0 heterocycles. The quantitative estimate of drug-likeness (QED) is 0.649. The average molecular weight is 409 g/mol. The van der Waals surface area contributed by atoms with Gasteiger partial charge in [0.2, 0.25) is 0 Å². The van der Waals surface area contributed by atoms with E-state index in [1.54, 1.807) is 13.8 Å². The number of hydrogen-bond acceptors (Lipinski definition) is 4. The number of ether oxygens (including phenoxy) is 2. The molecule has 0 radical (unpaired) electrons. The van der Waals surface area contributed by atoms with Crippen molar-refractivity contribution in [2.45, 2.75) is 45.6 Å². The summed E-state index contributed by atoms with van der Waals surface area (Å²) in [5.74, 6) is -0.708. The van der Waals surface area contributed by atoms with Gasteiger partial charge in [-0.15, -0.1) is 0 Å². The van der Waals surface area contributed by atoms with Crippen molar-refractivity contribution in [3.8, 4) is 5.75 Å². The van der Waals surface area contributed by atoms with Gasteiger partial charge in [0, 0.05) is 11.3 Å². The highest BCUT2D eigenvalue weighted by molar-refractivity contribution is 6.04. The first-order valence-corrected chi connectivity index (χ1v) is 9.06. The fourth-order valence-electron chi connectivity index (χ4n) is 2.29. The summed E-state index contributed by atoms with van der Waals surface area (Å²) in [6.45, 7) is 5.23. The van der Waals surface area contributed by atoms with Crippen molar-refractivity contribution in [1.29, 1.82) is 0 Å². The van der Waals surface area contributed by atoms with Gasteiger partial charge in [-0.3, -0.25) is 4.79 Å². The third-order valence-corrected chi connectivity index (χ3v) is 4.10. The van der Waals surface area contributed by atoms with Crippen LogP contribution < -0.4 is 10.1 Å². The Labute approximate surface area is 166 Å². The standard InChI is InChI=1S/C21H22F3NO4/c1-4-13(2)28-20(27)14(3)29-18-10-8-15(9-11-18)19(26)25-17-7-5-6-16(12-17)21(22,23)24/h5-14H,4H2,1-3H3,(H,25,26)/t13-,14-/m1/s1. The molecule has 2 atom stereocenters. The number of anilines is 1. The van der Waals surface area contributed by atoms with Crippen molar-refractivity contribution >= 4 is 17.6 Å². The maximum Gasteiger partial charge on any atom is 0.416 e. The Kier molecular flexibility index (Phi) is 7.25. The van der Waals surface area contributed by atoms with E-state index in [-0.39, 0.29) is 17.4 Å². The number of rotatable bonds is 7. The molecule has 0 aliphatic carbocycles. The van der Waals surface area contributed by atoms with Gasteiger partial charge < -0.3 is 14.8 Å². The molecule has 29 heavy (non-hydrogen) atoms. The molecule has 2 aromatic rings. The Hall–Kier alpha value is -3.03. The van der Waals surface area contributed by atoms with E-state index in [0.717, 1.165) is 12.1 Å². The van der Waals surface area contributed by atoms with Crippen molar-refractivity contribution in [3.63, 3.8) is 0 Å². The predicted octanol–water partition coefficient (Wildman–Crippen LogP) is 5.07. The molecule has 0 saturated carbocycles. The van der Waals surface area contributed by atoms with Crippen molar-refractivity contribution < 1.29 is 32.2 Å². The van der Waals surface area contributed by atoms with Crippen LogP contribution in [0.5, 0.6) is 5.75 Å². The van der Waals surface area contributed by atoms with Crippen molar-refractivity contribution in [3.05, 3.63) is 59.7 Å². The summed E-state index contributed by atoms with van der Waals surface area (Å²) in [6.07, 6.45) is -4.84. The summed E-state index contributed by atoms with van der Waals surface area (Å²) in [5.41, 5.74) is -0.589. The second-order valence-electron chi connectivity index (χ2n) is 6.47. The second kappa shape index (κ2) is 9.45. The van der Waals surface area contributed by atoms with Crippen LogP contribution in [-0.4, -0.2) is 24.1 Å². The minimum atomic E-state index is -4.49. The number of nitrogens with one attached hydrogen (secondary N) is 1. The molecule has 0 aliphatic rings. The topological polar surface area (TPSA) is 64.6 Å². The monoisotopic (exact) mass is 409 g/mol. The molecule has 0 aromatic heterocycles. The van der Waals surface area contributed by atoms with Gasteiger partial charge in [-0.1, -0.05) is 13.0 Å². The van der Waals surface area contributed by atoms with Gasteiger partial charge in [0.25, 0.3) is 5.91 Å². The highest BCUT2D eigenvalue weighted by Gasteiger charge is 2.30. The van der Waals surface area contributed by atoms with E-state index in [1.807, 2.05) is 6.92 Å². The Balaban J connectivity index is 1.99. The van der Waals surface area contributed by atoms with E-state index in [9.17, 15) is 22.8 Å². The van der Waals surface area contributed by atoms with Crippen LogP contribution >= 0.6 is 0 Å². The third-order valence-electron chi connectivity index (χ3n) is 4.10. The van der Waals surface area contributed by atoms with E-state index in [2.05, 4.69) is 5.32 Å². The summed E-state index contributed by atoms with van der Waals surface area (Å²) < 4.78 is 49.0. The third kappa shape index (κ3) is 6.51. The number of halogens is 3. The average Bonchev–Trinajstić information content (AvgIpc) is 2.67. The van der Waals surface area contributed by atoms with E-state index in [4.69, 9.17) is 9.47 Å². The van der Waals surface area contributed by atoms with Crippen LogP contribution in [0.2, 0.25) is 0 Å². The molecule has 156 valence electrons. The predicted molar refractivity (Wildman–Crippen MR) is 102 cm³/mol. The fourth-order valence-corrected chi connectivity index (χ4v) is 2.29. The molecule has 8 heteroatoms. The zero-order chi connectivity index (χ0) is 21.6. The van der Waals surface area contributed by atoms with Crippen LogP contribution in [0.1, 0.15) is 43.1 Å². The second-order valence-corrected chi connectivity index (χ2v) is 6.47. The van der Waals surface area contributed by atoms with Gasteiger partial charge in [0.1, 0.15) is 5.75 Å². The molecule has 2 rings (SSSR count). The highest BCUT2D eigenvalue weighted by atomic mass is 19.4. The van der Waals surface area contributed by atoms with Crippen LogP contribution in [0.15, 0.2) is 48.5 Å². The van der Waals surface area contributed by atoms with Gasteiger partial charge in [0.15, 0.2) is 6.10 Å². The van der Waals surface area contributed by atoms with Gasteiger partial charge in [-0.05, 0) is 62.7 Å². The molecule has 0 unspecified atom stereocenters. The molecule has 2 aromatic carbocycles. The Bertz CT molecular complexity index is 850. The number of alkyl halides is 3. The molecule has 1 N–H and O–H groups in total. The van der Waals surface area contributed by atoms with E-state index < -0.39 is 29.7 Å². The summed E-state index contributed by atoms with van der Waals surface area (Å²) in [4.78, 5) is 24.2. The number of amides is 1. The van der Waals surface area contributed by atoms with Gasteiger partial charge in [0.05, 0.1) is 11.7 Å². The molecule has 0 bridgehead atoms. The number of esters is 1. The zero-order valence-electron chi connectivity index (χ0n) is 16.2. The first-order valence-electron chi connectivity index (χ1n) is 9.06. The van der Waals surface area contributed by atoms with Crippen LogP contribution in [0.3, 0.4) is 0 Å². The number of benzene rings is 2. The maximum absolute atomic E-state index is 12.8. The minimum Gasteiger partial charge on any atom is -0.479 e. The summed E-state index contributed by atoms with van der Waals surface area (Å²) >= 11 is 0. The largest absolute Gasteiger partial charge is 0.479 e. The molecule has 0 saturated heterocycles. The van der Waals surface area contributed by atoms with Crippen molar-refractivity contribution in [2.75, 3.05) is 5.32 Å². The minimum absolute atomic E-state index is 0.0339. The van der Waals surface area contributed by atoms with Gasteiger partial charge in [-0.25, -0.2) is 4.79 Å². The maximum atomic E-state index is 12.8. The summed E-state index contributed by atoms with van der Waals surface area (Å²) in [5, 5.41) is 2.42. The van der Waals surface area contributed by atoms with E-state index >= 15 is 0 Å². The molecule has 1 amide bonds. The summed E-state index contributed by atoms with van der Waals surface area (Å²) in [6, 6.07) is 10.3. The van der Waals surface area contributed by atoms with Crippen molar-refractivity contribution in [1.82, 2.24) is 0 Å². The van der Waals surface area contributed by atoms with Gasteiger partial charge >= 0.3 is 12.1 Å². The number of carbonyl (C=O) groups is 2. The Morgan fingerprint density at radius 1 is 1.07 bits per heavy atom. The van der Waals surface area contributed by atoms with E-state index in [1.165, 1.54) is 36.4 Å². The molecule has 5 nitrogen and oxygen atoms in total. The molecular formula is C21H22F3NO4. The Morgan fingerprint density at radius 3 is 2.31 bits per heavy atom. The lowest BCUT2D eigenvalue weighted by Gasteiger charge is -2.17. The van der Waals surface area contributed by atoms with Crippen molar-refractivity contribution in [2.24, 2.45) is 0 Å². The lowest BCUT2D eigenvalue weighted by Crippen LogP contribution is -2.29. The highest BCUT2D eigenvalue weighted by Crippen LogP contribution is 2.30. The zero-order valence-corrected chi connectivity index (χ0v) is 16.2. The normalized spacial score (nSPS) is 13.3. The van der Waals surface area contributed by atoms with E-state index in [0.29, 0.717) is 12.2 Å². The smallest absolute Gasteiger partial charge is 0.416 e. The van der Waals surface area contributed by atoms with Crippen LogP contribution in [0.25, 0.3) is 0 Å². The first kappa shape index (κ1) is 22.3. The van der Waals surface area contributed by atoms with Gasteiger partial charge in [-0.2, -0.15) is 13.2 Å². The van der Waals surface area contributed by atoms with Crippen LogP contribution in [-0.2, 0) is 15.7 Å². The van der Waals surface area contributed by atoms with Crippen LogP contribution in [0, 0.1) is 0 Å². The molecular weight excluding hydrogens is 387 g/mol. The lowest BCUT2D eigenvalue weighted by molar-refractivity contribution is -0.155. The molecule has 0 fully saturated rings. The van der Waals surface area contributed by atoms with Crippen LogP contribution in [0.4, 0.5) is 18.9 Å². The number of hydrogen-bond donors (Lipinski definition) is 1. The fraction of sp³-hybridized carbons (Fsp3) is 0.333. The molecule has 0 aliphatic heterocycles. The lowest BCUT2D eigenvalue weighted by atomic mass is 10.1. The SMILES string of the molecule is CC[C@@H](C)OC(=O)[C@@H](C)Oc1ccc(C(=O)Nc2cccc(C(F)(F)F)c2)cc1. The first-order chi connectivity index (χ1) is 13.6. The Morgan fingerprint density at radius 2 is 1.72 bits per heavy atom.